The van der Waals surface area contributed by atoms with Crippen LogP contribution in [0.15, 0.2) is 77.7 Å². The molecule has 0 atom stereocenters. The fourth-order valence-electron chi connectivity index (χ4n) is 2.84. The smallest absolute Gasteiger partial charge is 0.264 e. The molecule has 0 aliphatic rings. The number of para-hydroxylation sites is 2. The van der Waals surface area contributed by atoms with Crippen molar-refractivity contribution in [3.8, 4) is 5.75 Å². The van der Waals surface area contributed by atoms with Gasteiger partial charge in [0.25, 0.3) is 10.0 Å². The molecular formula is C22H21ClN2O4S. The zero-order valence-electron chi connectivity index (χ0n) is 16.5. The molecule has 0 saturated carbocycles. The summed E-state index contributed by atoms with van der Waals surface area (Å²) in [6.07, 6.45) is 0. The predicted molar refractivity (Wildman–Crippen MR) is 119 cm³/mol. The number of nitrogens with one attached hydrogen (secondary N) is 1. The van der Waals surface area contributed by atoms with E-state index in [9.17, 15) is 13.2 Å². The summed E-state index contributed by atoms with van der Waals surface area (Å²) in [6, 6.07) is 19.7. The Morgan fingerprint density at radius 2 is 1.70 bits per heavy atom. The maximum atomic E-state index is 13.3. The van der Waals surface area contributed by atoms with Crippen molar-refractivity contribution in [2.24, 2.45) is 0 Å². The molecule has 0 unspecified atom stereocenters. The highest BCUT2D eigenvalue weighted by atomic mass is 35.5. The Bertz CT molecular complexity index is 1150. The standard InChI is InChI=1S/C22H21ClN2O4S/c1-16-12-13-17(14-19(16)23)25(30(27,28)18-8-4-3-5-9-18)15-22(26)24-20-10-6-7-11-21(20)29-2/h3-14H,15H2,1-2H3,(H,24,26). The molecule has 0 aliphatic carbocycles. The molecule has 3 aromatic rings. The van der Waals surface area contributed by atoms with Gasteiger partial charge in [0.05, 0.1) is 23.4 Å². The second-order valence-electron chi connectivity index (χ2n) is 6.51. The third-order valence-electron chi connectivity index (χ3n) is 4.44. The van der Waals surface area contributed by atoms with Crippen LogP contribution in [0.2, 0.25) is 5.02 Å². The van der Waals surface area contributed by atoms with E-state index < -0.39 is 22.5 Å². The van der Waals surface area contributed by atoms with Crippen molar-refractivity contribution in [3.05, 3.63) is 83.4 Å². The van der Waals surface area contributed by atoms with Crippen molar-refractivity contribution in [2.75, 3.05) is 23.3 Å². The SMILES string of the molecule is COc1ccccc1NC(=O)CN(c1ccc(C)c(Cl)c1)S(=O)(=O)c1ccccc1. The number of anilines is 2. The minimum Gasteiger partial charge on any atom is -0.495 e. The van der Waals surface area contributed by atoms with E-state index in [0.29, 0.717) is 22.1 Å². The van der Waals surface area contributed by atoms with Crippen molar-refractivity contribution in [1.82, 2.24) is 0 Å². The van der Waals surface area contributed by atoms with Gasteiger partial charge < -0.3 is 10.1 Å². The second-order valence-corrected chi connectivity index (χ2v) is 8.78. The number of hydrogen-bond acceptors (Lipinski definition) is 4. The van der Waals surface area contributed by atoms with Crippen molar-refractivity contribution < 1.29 is 17.9 Å². The van der Waals surface area contributed by atoms with Crippen LogP contribution in [0.5, 0.6) is 5.75 Å². The van der Waals surface area contributed by atoms with E-state index in [4.69, 9.17) is 16.3 Å². The molecule has 156 valence electrons. The van der Waals surface area contributed by atoms with E-state index in [2.05, 4.69) is 5.32 Å². The summed E-state index contributed by atoms with van der Waals surface area (Å²) in [5.41, 5.74) is 1.55. The normalized spacial score (nSPS) is 11.0. The molecule has 0 fully saturated rings. The number of benzene rings is 3. The highest BCUT2D eigenvalue weighted by molar-refractivity contribution is 7.92. The molecular weight excluding hydrogens is 424 g/mol. The van der Waals surface area contributed by atoms with Gasteiger partial charge in [0, 0.05) is 5.02 Å². The number of aryl methyl sites for hydroxylation is 1. The Kier molecular flexibility index (Phi) is 6.64. The van der Waals surface area contributed by atoms with Gasteiger partial charge in [-0.1, -0.05) is 48.0 Å². The molecule has 0 saturated heterocycles. The Labute approximate surface area is 181 Å². The molecule has 1 N–H and O–H groups in total. The van der Waals surface area contributed by atoms with E-state index >= 15 is 0 Å². The first-order chi connectivity index (χ1) is 14.3. The summed E-state index contributed by atoms with van der Waals surface area (Å²) in [7, 11) is -2.51. The predicted octanol–water partition coefficient (Wildman–Crippen LogP) is 4.49. The molecule has 0 radical (unpaired) electrons. The molecule has 30 heavy (non-hydrogen) atoms. The summed E-state index contributed by atoms with van der Waals surface area (Å²) in [6.45, 7) is 1.38. The number of amides is 1. The van der Waals surface area contributed by atoms with Gasteiger partial charge in [-0.2, -0.15) is 0 Å². The van der Waals surface area contributed by atoms with Gasteiger partial charge in [-0.15, -0.1) is 0 Å². The largest absolute Gasteiger partial charge is 0.495 e. The minimum atomic E-state index is -4.00. The first kappa shape index (κ1) is 21.7. The molecule has 0 bridgehead atoms. The average Bonchev–Trinajstić information content (AvgIpc) is 2.75. The molecule has 0 spiro atoms. The molecule has 1 amide bonds. The number of rotatable bonds is 7. The summed E-state index contributed by atoms with van der Waals surface area (Å²) in [5.74, 6) is -0.0441. The lowest BCUT2D eigenvalue weighted by Gasteiger charge is -2.24. The van der Waals surface area contributed by atoms with Crippen LogP contribution in [0, 0.1) is 6.92 Å². The quantitative estimate of drug-likeness (QED) is 0.582. The van der Waals surface area contributed by atoms with Crippen molar-refractivity contribution in [2.45, 2.75) is 11.8 Å². The van der Waals surface area contributed by atoms with Gasteiger partial charge in [0.2, 0.25) is 5.91 Å². The Morgan fingerprint density at radius 1 is 1.03 bits per heavy atom. The lowest BCUT2D eigenvalue weighted by Crippen LogP contribution is -2.38. The van der Waals surface area contributed by atoms with E-state index in [1.54, 1.807) is 54.6 Å². The lowest BCUT2D eigenvalue weighted by atomic mass is 10.2. The summed E-state index contributed by atoms with van der Waals surface area (Å²) in [4.78, 5) is 12.9. The second kappa shape index (κ2) is 9.19. The van der Waals surface area contributed by atoms with E-state index in [1.165, 1.54) is 25.3 Å². The Hall–Kier alpha value is -3.03. The van der Waals surface area contributed by atoms with Crippen molar-refractivity contribution >= 4 is 38.9 Å². The van der Waals surface area contributed by atoms with Crippen molar-refractivity contribution in [1.29, 1.82) is 0 Å². The number of hydrogen-bond donors (Lipinski definition) is 1. The van der Waals surface area contributed by atoms with Crippen LogP contribution in [0.1, 0.15) is 5.56 Å². The summed E-state index contributed by atoms with van der Waals surface area (Å²) >= 11 is 6.22. The van der Waals surface area contributed by atoms with Gasteiger partial charge in [0.15, 0.2) is 0 Å². The minimum absolute atomic E-state index is 0.0757. The van der Waals surface area contributed by atoms with Crippen LogP contribution in [-0.4, -0.2) is 28.0 Å². The monoisotopic (exact) mass is 444 g/mol. The third-order valence-corrected chi connectivity index (χ3v) is 6.64. The molecule has 0 aliphatic heterocycles. The lowest BCUT2D eigenvalue weighted by molar-refractivity contribution is -0.114. The van der Waals surface area contributed by atoms with Gasteiger partial charge in [-0.3, -0.25) is 9.10 Å². The van der Waals surface area contributed by atoms with Gasteiger partial charge in [-0.25, -0.2) is 8.42 Å². The van der Waals surface area contributed by atoms with E-state index in [-0.39, 0.29) is 4.90 Å². The van der Waals surface area contributed by atoms with E-state index in [1.807, 2.05) is 6.92 Å². The average molecular weight is 445 g/mol. The van der Waals surface area contributed by atoms with Gasteiger partial charge in [0.1, 0.15) is 12.3 Å². The maximum Gasteiger partial charge on any atom is 0.264 e. The maximum absolute atomic E-state index is 13.3. The van der Waals surface area contributed by atoms with Crippen LogP contribution in [-0.2, 0) is 14.8 Å². The number of nitrogens with zero attached hydrogens (tertiary/aromatic N) is 1. The molecule has 0 aromatic heterocycles. The molecule has 0 heterocycles. The van der Waals surface area contributed by atoms with Crippen LogP contribution >= 0.6 is 11.6 Å². The fraction of sp³-hybridized carbons (Fsp3) is 0.136. The van der Waals surface area contributed by atoms with Gasteiger partial charge in [-0.05, 0) is 48.9 Å². The van der Waals surface area contributed by atoms with Crippen LogP contribution < -0.4 is 14.4 Å². The highest BCUT2D eigenvalue weighted by Gasteiger charge is 2.27. The number of halogens is 1. The number of methoxy groups -OCH3 is 1. The van der Waals surface area contributed by atoms with Crippen molar-refractivity contribution in [3.63, 3.8) is 0 Å². The topological polar surface area (TPSA) is 75.7 Å². The zero-order chi connectivity index (χ0) is 21.7. The van der Waals surface area contributed by atoms with Gasteiger partial charge >= 0.3 is 0 Å². The highest BCUT2D eigenvalue weighted by Crippen LogP contribution is 2.28. The number of carbonyl (C=O) groups is 1. The summed E-state index contributed by atoms with van der Waals surface area (Å²) in [5, 5.41) is 3.12. The Balaban J connectivity index is 1.97. The first-order valence-corrected chi connectivity index (χ1v) is 10.9. The molecule has 6 nitrogen and oxygen atoms in total. The van der Waals surface area contributed by atoms with E-state index in [0.717, 1.165) is 9.87 Å². The first-order valence-electron chi connectivity index (χ1n) is 9.09. The molecule has 3 aromatic carbocycles. The third kappa shape index (κ3) is 4.75. The number of ether oxygens (including phenoxy) is 1. The summed E-state index contributed by atoms with van der Waals surface area (Å²) < 4.78 is 32.9. The number of sulfonamides is 1. The fourth-order valence-corrected chi connectivity index (χ4v) is 4.45. The Morgan fingerprint density at radius 3 is 2.37 bits per heavy atom. The van der Waals surface area contributed by atoms with Crippen LogP contribution in [0.4, 0.5) is 11.4 Å². The zero-order valence-corrected chi connectivity index (χ0v) is 18.1. The molecule has 3 rings (SSSR count). The number of carbonyl (C=O) groups excluding carboxylic acids is 1. The van der Waals surface area contributed by atoms with Crippen LogP contribution in [0.3, 0.4) is 0 Å². The molecule has 8 heteroatoms. The van der Waals surface area contributed by atoms with Crippen LogP contribution in [0.25, 0.3) is 0 Å².